The van der Waals surface area contributed by atoms with E-state index in [4.69, 9.17) is 9.47 Å². The number of amidine groups is 1. The topological polar surface area (TPSA) is 139 Å². The molecule has 2 heterocycles. The van der Waals surface area contributed by atoms with Crippen LogP contribution in [0.15, 0.2) is 57.6 Å². The third-order valence-corrected chi connectivity index (χ3v) is 8.99. The highest BCUT2D eigenvalue weighted by Gasteiger charge is 2.32. The molecule has 13 heteroatoms. The van der Waals surface area contributed by atoms with Gasteiger partial charge in [0.1, 0.15) is 5.25 Å². The Hall–Kier alpha value is -3.42. The number of piperidine rings is 1. The molecule has 202 valence electrons. The Balaban J connectivity index is 1.31. The van der Waals surface area contributed by atoms with Gasteiger partial charge >= 0.3 is 0 Å². The number of hydrogen-bond acceptors (Lipinski definition) is 9. The van der Waals surface area contributed by atoms with Crippen molar-refractivity contribution in [3.63, 3.8) is 0 Å². The summed E-state index contributed by atoms with van der Waals surface area (Å²) >= 11 is 1.11. The van der Waals surface area contributed by atoms with Crippen LogP contribution < -0.4 is 20.1 Å². The van der Waals surface area contributed by atoms with Crippen LogP contribution in [0.1, 0.15) is 31.2 Å². The van der Waals surface area contributed by atoms with Crippen LogP contribution in [-0.4, -0.2) is 68.5 Å². The van der Waals surface area contributed by atoms with Crippen LogP contribution in [0.5, 0.6) is 11.5 Å². The Kier molecular flexibility index (Phi) is 9.02. The zero-order valence-electron chi connectivity index (χ0n) is 21.0. The van der Waals surface area contributed by atoms with Crippen molar-refractivity contribution in [1.29, 1.82) is 0 Å². The van der Waals surface area contributed by atoms with Gasteiger partial charge in [0.25, 0.3) is 0 Å². The molecule has 0 spiro atoms. The van der Waals surface area contributed by atoms with Gasteiger partial charge in [-0.05, 0) is 60.9 Å². The van der Waals surface area contributed by atoms with Crippen LogP contribution in [0.3, 0.4) is 0 Å². The maximum Gasteiger partial charge on any atom is 0.243 e. The van der Waals surface area contributed by atoms with E-state index in [1.165, 1.54) is 29.8 Å². The van der Waals surface area contributed by atoms with E-state index in [-0.39, 0.29) is 28.3 Å². The summed E-state index contributed by atoms with van der Waals surface area (Å²) in [5, 5.41) is 13.0. The third-order valence-electron chi connectivity index (χ3n) is 6.00. The Bertz CT molecular complexity index is 1340. The summed E-state index contributed by atoms with van der Waals surface area (Å²) in [6, 6.07) is 11.3. The molecule has 0 radical (unpaired) electrons. The van der Waals surface area contributed by atoms with E-state index in [1.54, 1.807) is 37.4 Å². The average Bonchev–Trinajstić information content (AvgIpc) is 3.27. The molecule has 0 aliphatic carbocycles. The van der Waals surface area contributed by atoms with Crippen LogP contribution in [-0.2, 0) is 19.6 Å². The van der Waals surface area contributed by atoms with Crippen molar-refractivity contribution in [1.82, 2.24) is 9.62 Å². The molecule has 2 fully saturated rings. The second kappa shape index (κ2) is 12.4. The van der Waals surface area contributed by atoms with Gasteiger partial charge in [-0.25, -0.2) is 8.42 Å². The number of nitrogens with one attached hydrogen (secondary N) is 2. The van der Waals surface area contributed by atoms with E-state index >= 15 is 0 Å². The van der Waals surface area contributed by atoms with E-state index in [0.717, 1.165) is 36.6 Å². The average molecular weight is 560 g/mol. The molecule has 0 aromatic heterocycles. The first-order valence-corrected chi connectivity index (χ1v) is 14.3. The van der Waals surface area contributed by atoms with Crippen LogP contribution in [0.25, 0.3) is 0 Å². The van der Waals surface area contributed by atoms with Crippen LogP contribution >= 0.6 is 11.8 Å². The quantitative estimate of drug-likeness (QED) is 0.356. The Morgan fingerprint density at radius 2 is 1.82 bits per heavy atom. The summed E-state index contributed by atoms with van der Waals surface area (Å²) in [5.41, 5.74) is 1.18. The maximum absolute atomic E-state index is 12.8. The number of carbonyl (C=O) groups excluding carboxylic acids is 2. The molecule has 2 aliphatic heterocycles. The normalized spacial score (nSPS) is 19.5. The predicted octanol–water partition coefficient (Wildman–Crippen LogP) is 2.83. The van der Waals surface area contributed by atoms with Gasteiger partial charge in [0.2, 0.25) is 21.8 Å². The number of sulfonamides is 1. The first kappa shape index (κ1) is 27.6. The molecule has 1 unspecified atom stereocenters. The first-order chi connectivity index (χ1) is 18.3. The molecular formula is C25H29N5O6S2. The lowest BCUT2D eigenvalue weighted by molar-refractivity contribution is -0.122. The molecule has 38 heavy (non-hydrogen) atoms. The number of ether oxygens (including phenoxy) is 2. The summed E-state index contributed by atoms with van der Waals surface area (Å²) in [5.74, 6) is 0.429. The van der Waals surface area contributed by atoms with E-state index in [9.17, 15) is 18.0 Å². The largest absolute Gasteiger partial charge is 0.493 e. The number of methoxy groups -OCH3 is 2. The first-order valence-electron chi connectivity index (χ1n) is 12.0. The molecule has 2 aromatic rings. The fourth-order valence-electron chi connectivity index (χ4n) is 4.01. The molecule has 2 saturated heterocycles. The lowest BCUT2D eigenvalue weighted by Crippen LogP contribution is -2.35. The van der Waals surface area contributed by atoms with E-state index in [0.29, 0.717) is 30.3 Å². The zero-order valence-corrected chi connectivity index (χ0v) is 22.7. The van der Waals surface area contributed by atoms with Gasteiger partial charge in [0.05, 0.1) is 25.3 Å². The number of benzene rings is 2. The summed E-state index contributed by atoms with van der Waals surface area (Å²) < 4.78 is 37.5. The molecule has 4 rings (SSSR count). The predicted molar refractivity (Wildman–Crippen MR) is 146 cm³/mol. The van der Waals surface area contributed by atoms with E-state index in [2.05, 4.69) is 20.8 Å². The van der Waals surface area contributed by atoms with Crippen LogP contribution in [0, 0.1) is 0 Å². The molecule has 0 bridgehead atoms. The van der Waals surface area contributed by atoms with Crippen molar-refractivity contribution < 1.29 is 27.5 Å². The van der Waals surface area contributed by atoms with Crippen molar-refractivity contribution in [2.24, 2.45) is 10.2 Å². The minimum absolute atomic E-state index is 0.0806. The van der Waals surface area contributed by atoms with Gasteiger partial charge in [0, 0.05) is 25.2 Å². The number of amides is 2. The van der Waals surface area contributed by atoms with Crippen molar-refractivity contribution in [3.8, 4) is 11.5 Å². The van der Waals surface area contributed by atoms with Crippen molar-refractivity contribution >= 4 is 50.7 Å². The molecule has 2 N–H and O–H groups in total. The van der Waals surface area contributed by atoms with Crippen LogP contribution in [0.4, 0.5) is 5.69 Å². The summed E-state index contributed by atoms with van der Waals surface area (Å²) in [6.07, 6.45) is 4.18. The molecular weight excluding hydrogens is 530 g/mol. The summed E-state index contributed by atoms with van der Waals surface area (Å²) in [6.45, 7) is 1.05. The van der Waals surface area contributed by atoms with Gasteiger partial charge < -0.3 is 20.1 Å². The summed E-state index contributed by atoms with van der Waals surface area (Å²) in [4.78, 5) is 25.1. The van der Waals surface area contributed by atoms with Gasteiger partial charge in [-0.15, -0.1) is 5.10 Å². The zero-order chi connectivity index (χ0) is 27.1. The lowest BCUT2D eigenvalue weighted by atomic mass is 10.2. The highest BCUT2D eigenvalue weighted by atomic mass is 32.2. The second-order valence-corrected chi connectivity index (χ2v) is 11.7. The fourth-order valence-corrected chi connectivity index (χ4v) is 6.45. The maximum atomic E-state index is 12.8. The van der Waals surface area contributed by atoms with Crippen molar-refractivity contribution in [2.45, 2.75) is 35.8 Å². The van der Waals surface area contributed by atoms with Crippen molar-refractivity contribution in [2.75, 3.05) is 32.6 Å². The monoisotopic (exact) mass is 559 g/mol. The number of thioether (sulfide) groups is 1. The van der Waals surface area contributed by atoms with Gasteiger partial charge in [-0.1, -0.05) is 18.2 Å². The number of nitrogens with zero attached hydrogens (tertiary/aromatic N) is 3. The molecule has 0 saturated carbocycles. The van der Waals surface area contributed by atoms with Gasteiger partial charge in [-0.3, -0.25) is 9.59 Å². The highest BCUT2D eigenvalue weighted by Crippen LogP contribution is 2.27. The standard InChI is InChI=1S/C25H29N5O6S2/c1-35-20-11-6-17(14-21(20)36-2)16-26-29-25-28-24(32)22(37-25)15-23(31)27-18-7-9-19(10-8-18)38(33,34)30-12-4-3-5-13-30/h6-11,14,16,22H,3-5,12-13,15H2,1-2H3,(H,27,31)(H,28,29,32)/b26-16+. The number of hydrogen-bond donors (Lipinski definition) is 2. The number of rotatable bonds is 9. The smallest absolute Gasteiger partial charge is 0.243 e. The van der Waals surface area contributed by atoms with E-state index in [1.807, 2.05) is 0 Å². The SMILES string of the molecule is COc1ccc(/C=N/N=C2\NC(=O)C(CC(=O)Nc3ccc(S(=O)(=O)N4CCCCC4)cc3)S2)cc1OC. The fraction of sp³-hybridized carbons (Fsp3) is 0.360. The summed E-state index contributed by atoms with van der Waals surface area (Å²) in [7, 11) is -0.457. The number of carbonyl (C=O) groups is 2. The van der Waals surface area contributed by atoms with E-state index < -0.39 is 15.3 Å². The number of anilines is 1. The second-order valence-electron chi connectivity index (χ2n) is 8.60. The van der Waals surface area contributed by atoms with Gasteiger partial charge in [-0.2, -0.15) is 9.41 Å². The Morgan fingerprint density at radius 3 is 2.50 bits per heavy atom. The van der Waals surface area contributed by atoms with Gasteiger partial charge in [0.15, 0.2) is 16.7 Å². The highest BCUT2D eigenvalue weighted by molar-refractivity contribution is 8.15. The van der Waals surface area contributed by atoms with Crippen molar-refractivity contribution in [3.05, 3.63) is 48.0 Å². The third kappa shape index (κ3) is 6.71. The molecule has 2 aliphatic rings. The minimum atomic E-state index is -3.54. The lowest BCUT2D eigenvalue weighted by Gasteiger charge is -2.25. The molecule has 1 atom stereocenters. The minimum Gasteiger partial charge on any atom is -0.493 e. The Morgan fingerprint density at radius 1 is 1.11 bits per heavy atom. The molecule has 2 amide bonds. The molecule has 2 aromatic carbocycles. The Labute approximate surface area is 225 Å². The van der Waals surface area contributed by atoms with Crippen LogP contribution in [0.2, 0.25) is 0 Å². The molecule has 11 nitrogen and oxygen atoms in total.